The number of nitrogens with one attached hydrogen (secondary N) is 1. The minimum Gasteiger partial charge on any atom is -0.379 e. The highest BCUT2D eigenvalue weighted by Gasteiger charge is 2.37. The summed E-state index contributed by atoms with van der Waals surface area (Å²) in [6.45, 7) is 6.15. The van der Waals surface area contributed by atoms with Crippen LogP contribution in [0.3, 0.4) is 0 Å². The van der Waals surface area contributed by atoms with Gasteiger partial charge in [-0.05, 0) is 52.7 Å². The molecule has 0 bridgehead atoms. The van der Waals surface area contributed by atoms with Gasteiger partial charge in [-0.25, -0.2) is 4.52 Å². The first kappa shape index (κ1) is 20.2. The Kier molecular flexibility index (Phi) is 5.16. The number of fused-ring (bicyclic) bond motifs is 1. The lowest BCUT2D eigenvalue weighted by molar-refractivity contribution is 0.100. The fourth-order valence-electron chi connectivity index (χ4n) is 4.13. The smallest absolute Gasteiger partial charge is 0.252 e. The van der Waals surface area contributed by atoms with Gasteiger partial charge >= 0.3 is 0 Å². The van der Waals surface area contributed by atoms with Crippen LogP contribution in [-0.4, -0.2) is 34.7 Å². The van der Waals surface area contributed by atoms with Crippen molar-refractivity contribution >= 4 is 38.7 Å². The molecule has 2 aromatic heterocycles. The van der Waals surface area contributed by atoms with E-state index in [9.17, 15) is 4.79 Å². The lowest BCUT2D eigenvalue weighted by Crippen LogP contribution is -2.52. The minimum absolute atomic E-state index is 0.0782. The molecule has 1 unspecified atom stereocenters. The highest BCUT2D eigenvalue weighted by atomic mass is 79.9. The van der Waals surface area contributed by atoms with E-state index >= 15 is 0 Å². The van der Waals surface area contributed by atoms with Crippen LogP contribution in [0.1, 0.15) is 36.2 Å². The maximum atomic E-state index is 12.1. The Morgan fingerprint density at radius 3 is 2.73 bits per heavy atom. The van der Waals surface area contributed by atoms with E-state index < -0.39 is 5.91 Å². The molecule has 154 valence electrons. The average molecular weight is 467 g/mol. The summed E-state index contributed by atoms with van der Waals surface area (Å²) in [5.41, 5.74) is 9.24. The predicted octanol–water partition coefficient (Wildman–Crippen LogP) is 3.78. The summed E-state index contributed by atoms with van der Waals surface area (Å²) < 4.78 is 2.62. The SMILES string of the molecule is CC1(C)CN(c2ccc(C#N)cc2)CCC1Nc1c(C(N)=O)cnn2cc(Br)cc12. The molecular weight excluding hydrogens is 444 g/mol. The van der Waals surface area contributed by atoms with E-state index in [4.69, 9.17) is 11.0 Å². The van der Waals surface area contributed by atoms with Gasteiger partial charge in [-0.2, -0.15) is 10.4 Å². The average Bonchev–Trinajstić information content (AvgIpc) is 3.09. The van der Waals surface area contributed by atoms with Gasteiger partial charge in [-0.15, -0.1) is 0 Å². The monoisotopic (exact) mass is 466 g/mol. The third-order valence-electron chi connectivity index (χ3n) is 5.78. The van der Waals surface area contributed by atoms with Gasteiger partial charge in [0, 0.05) is 40.9 Å². The molecule has 3 aromatic rings. The molecule has 1 aliphatic rings. The van der Waals surface area contributed by atoms with Crippen LogP contribution in [0.15, 0.2) is 47.2 Å². The number of halogens is 1. The molecule has 7 nitrogen and oxygen atoms in total. The summed E-state index contributed by atoms with van der Waals surface area (Å²) in [6.07, 6.45) is 4.26. The second kappa shape index (κ2) is 7.65. The summed E-state index contributed by atoms with van der Waals surface area (Å²) in [7, 11) is 0. The first-order chi connectivity index (χ1) is 14.3. The van der Waals surface area contributed by atoms with E-state index in [0.717, 1.165) is 35.2 Å². The summed E-state index contributed by atoms with van der Waals surface area (Å²) >= 11 is 3.48. The highest BCUT2D eigenvalue weighted by molar-refractivity contribution is 9.10. The number of primary amides is 1. The minimum atomic E-state index is -0.502. The number of rotatable bonds is 4. The molecule has 1 aliphatic heterocycles. The first-order valence-corrected chi connectivity index (χ1v) is 10.6. The van der Waals surface area contributed by atoms with Gasteiger partial charge in [-0.1, -0.05) is 13.8 Å². The summed E-state index contributed by atoms with van der Waals surface area (Å²) in [4.78, 5) is 14.4. The molecule has 1 saturated heterocycles. The number of hydrogen-bond donors (Lipinski definition) is 2. The molecule has 8 heteroatoms. The third kappa shape index (κ3) is 3.73. The number of hydrogen-bond acceptors (Lipinski definition) is 5. The maximum Gasteiger partial charge on any atom is 0.252 e. The zero-order chi connectivity index (χ0) is 21.5. The third-order valence-corrected chi connectivity index (χ3v) is 6.21. The van der Waals surface area contributed by atoms with Gasteiger partial charge in [0.1, 0.15) is 0 Å². The van der Waals surface area contributed by atoms with E-state index in [1.165, 1.54) is 6.20 Å². The zero-order valence-corrected chi connectivity index (χ0v) is 18.5. The van der Waals surface area contributed by atoms with Crippen molar-refractivity contribution in [3.05, 3.63) is 58.3 Å². The van der Waals surface area contributed by atoms with E-state index in [2.05, 4.69) is 51.2 Å². The van der Waals surface area contributed by atoms with E-state index in [1.807, 2.05) is 36.5 Å². The van der Waals surface area contributed by atoms with Crippen LogP contribution in [-0.2, 0) is 0 Å². The van der Waals surface area contributed by atoms with Crippen LogP contribution in [0.4, 0.5) is 11.4 Å². The molecule has 1 atom stereocenters. The van der Waals surface area contributed by atoms with Crippen LogP contribution < -0.4 is 16.0 Å². The number of piperidine rings is 1. The van der Waals surface area contributed by atoms with Crippen LogP contribution in [0.2, 0.25) is 0 Å². The van der Waals surface area contributed by atoms with Gasteiger partial charge in [-0.3, -0.25) is 4.79 Å². The molecule has 30 heavy (non-hydrogen) atoms. The Bertz CT molecular complexity index is 1140. The molecule has 0 radical (unpaired) electrons. The summed E-state index contributed by atoms with van der Waals surface area (Å²) in [5, 5.41) is 16.9. The largest absolute Gasteiger partial charge is 0.379 e. The zero-order valence-electron chi connectivity index (χ0n) is 16.9. The second-order valence-corrected chi connectivity index (χ2v) is 9.26. The normalized spacial score (nSPS) is 18.2. The Morgan fingerprint density at radius 1 is 1.37 bits per heavy atom. The Labute approximate surface area is 183 Å². The fraction of sp³-hybridized carbons (Fsp3) is 0.318. The topological polar surface area (TPSA) is 99.5 Å². The van der Waals surface area contributed by atoms with Crippen LogP contribution in [0.5, 0.6) is 0 Å². The van der Waals surface area contributed by atoms with Gasteiger partial charge in [0.2, 0.25) is 0 Å². The molecule has 1 fully saturated rings. The molecule has 4 rings (SSSR count). The van der Waals surface area contributed by atoms with Crippen molar-refractivity contribution in [1.29, 1.82) is 5.26 Å². The van der Waals surface area contributed by atoms with Crippen molar-refractivity contribution in [2.75, 3.05) is 23.3 Å². The maximum absolute atomic E-state index is 12.1. The van der Waals surface area contributed by atoms with Gasteiger partial charge in [0.05, 0.1) is 34.6 Å². The molecule has 1 aromatic carbocycles. The first-order valence-electron chi connectivity index (χ1n) is 9.77. The molecule has 3 N–H and O–H groups in total. The number of anilines is 2. The molecule has 3 heterocycles. The van der Waals surface area contributed by atoms with Crippen molar-refractivity contribution in [2.24, 2.45) is 11.1 Å². The highest BCUT2D eigenvalue weighted by Crippen LogP contribution is 2.36. The van der Waals surface area contributed by atoms with Crippen molar-refractivity contribution in [3.63, 3.8) is 0 Å². The number of nitriles is 1. The van der Waals surface area contributed by atoms with Crippen LogP contribution in [0.25, 0.3) is 5.52 Å². The van der Waals surface area contributed by atoms with E-state index in [-0.39, 0.29) is 11.5 Å². The number of carbonyl (C=O) groups excluding carboxylic acids is 1. The van der Waals surface area contributed by atoms with Gasteiger partial charge in [0.15, 0.2) is 0 Å². The lowest BCUT2D eigenvalue weighted by atomic mass is 9.78. The molecule has 0 aliphatic carbocycles. The summed E-state index contributed by atoms with van der Waals surface area (Å²) in [5.74, 6) is -0.502. The van der Waals surface area contributed by atoms with Gasteiger partial charge < -0.3 is 16.0 Å². The number of nitrogens with zero attached hydrogens (tertiary/aromatic N) is 4. The second-order valence-electron chi connectivity index (χ2n) is 8.34. The summed E-state index contributed by atoms with van der Waals surface area (Å²) in [6, 6.07) is 11.9. The van der Waals surface area contributed by atoms with Gasteiger partial charge in [0.25, 0.3) is 5.91 Å². The van der Waals surface area contributed by atoms with Crippen molar-refractivity contribution in [1.82, 2.24) is 9.61 Å². The standard InChI is InChI=1S/C22H23BrN6O/c1-22(2)13-28(16-5-3-14(10-24)4-6-16)8-7-19(22)27-20-17(21(25)30)11-26-29-12-15(23)9-18(20)29/h3-6,9,11-12,19,27H,7-8,13H2,1-2H3,(H2,25,30). The van der Waals surface area contributed by atoms with E-state index in [1.54, 1.807) is 4.52 Å². The van der Waals surface area contributed by atoms with Crippen LogP contribution in [0, 0.1) is 16.7 Å². The quantitative estimate of drug-likeness (QED) is 0.609. The lowest BCUT2D eigenvalue weighted by Gasteiger charge is -2.46. The van der Waals surface area contributed by atoms with E-state index in [0.29, 0.717) is 16.8 Å². The van der Waals surface area contributed by atoms with Crippen molar-refractivity contribution < 1.29 is 4.79 Å². The Hall–Kier alpha value is -3.05. The number of amides is 1. The molecule has 1 amide bonds. The number of aromatic nitrogens is 2. The fourth-order valence-corrected chi connectivity index (χ4v) is 4.54. The van der Waals surface area contributed by atoms with Crippen LogP contribution >= 0.6 is 15.9 Å². The molecule has 0 saturated carbocycles. The Balaban J connectivity index is 1.61. The number of nitrogens with two attached hydrogens (primary N) is 1. The number of benzene rings is 1. The molecular formula is C22H23BrN6O. The predicted molar refractivity (Wildman–Crippen MR) is 121 cm³/mol. The Morgan fingerprint density at radius 2 is 2.10 bits per heavy atom. The molecule has 0 spiro atoms. The van der Waals surface area contributed by atoms with Crippen molar-refractivity contribution in [2.45, 2.75) is 26.3 Å². The number of carbonyl (C=O) groups is 1. The van der Waals surface area contributed by atoms with Crippen molar-refractivity contribution in [3.8, 4) is 6.07 Å².